The van der Waals surface area contributed by atoms with Gasteiger partial charge in [0.05, 0.1) is 14.2 Å². The third-order valence-corrected chi connectivity index (χ3v) is 4.01. The number of carbonyl (C=O) groups excluding carboxylic acids is 1. The second kappa shape index (κ2) is 5.25. The molecule has 0 amide bonds. The van der Waals surface area contributed by atoms with Crippen molar-refractivity contribution in [3.05, 3.63) is 34.3 Å². The standard InChI is InChI=1S/C14H14N2O4S/c1-7-6-15-14(21-7)16-12-8-4-5-9(18-2)11(19-3)10(8)13(17)20-12/h4-6,12H,1-3H3,(H,15,16)/t12-/m0/s1. The van der Waals surface area contributed by atoms with Gasteiger partial charge in [-0.2, -0.15) is 0 Å². The monoisotopic (exact) mass is 306 g/mol. The molecule has 0 aliphatic carbocycles. The van der Waals surface area contributed by atoms with Crippen LogP contribution in [0, 0.1) is 6.92 Å². The minimum atomic E-state index is -0.571. The number of ether oxygens (including phenoxy) is 3. The second-order valence-corrected chi connectivity index (χ2v) is 5.71. The number of benzene rings is 1. The van der Waals surface area contributed by atoms with Gasteiger partial charge in [-0.05, 0) is 19.1 Å². The first-order valence-corrected chi connectivity index (χ1v) is 7.10. The van der Waals surface area contributed by atoms with E-state index in [1.54, 1.807) is 18.3 Å². The van der Waals surface area contributed by atoms with Crippen LogP contribution in [0.15, 0.2) is 18.3 Å². The lowest BCUT2D eigenvalue weighted by atomic mass is 10.1. The van der Waals surface area contributed by atoms with Gasteiger partial charge in [-0.3, -0.25) is 0 Å². The summed E-state index contributed by atoms with van der Waals surface area (Å²) < 4.78 is 15.9. The molecule has 0 radical (unpaired) electrons. The number of hydrogen-bond acceptors (Lipinski definition) is 7. The van der Waals surface area contributed by atoms with Gasteiger partial charge in [0, 0.05) is 16.6 Å². The molecule has 1 aliphatic rings. The largest absolute Gasteiger partial charge is 0.493 e. The maximum atomic E-state index is 12.1. The molecule has 1 aromatic heterocycles. The molecule has 0 spiro atoms. The first-order valence-electron chi connectivity index (χ1n) is 6.29. The molecule has 110 valence electrons. The number of cyclic esters (lactones) is 1. The Balaban J connectivity index is 1.98. The van der Waals surface area contributed by atoms with E-state index >= 15 is 0 Å². The highest BCUT2D eigenvalue weighted by atomic mass is 32.1. The Labute approximate surface area is 125 Å². The lowest BCUT2D eigenvalue weighted by Crippen LogP contribution is -2.09. The zero-order valence-electron chi connectivity index (χ0n) is 11.8. The predicted molar refractivity (Wildman–Crippen MR) is 78.2 cm³/mol. The smallest absolute Gasteiger partial charge is 0.344 e. The number of esters is 1. The maximum Gasteiger partial charge on any atom is 0.344 e. The summed E-state index contributed by atoms with van der Waals surface area (Å²) >= 11 is 1.50. The van der Waals surface area contributed by atoms with Crippen molar-refractivity contribution in [1.82, 2.24) is 4.98 Å². The van der Waals surface area contributed by atoms with Crippen LogP contribution < -0.4 is 14.8 Å². The molecular weight excluding hydrogens is 292 g/mol. The van der Waals surface area contributed by atoms with E-state index in [2.05, 4.69) is 10.3 Å². The Morgan fingerprint density at radius 1 is 1.33 bits per heavy atom. The SMILES string of the molecule is COc1ccc2c(c1OC)C(=O)O[C@@H]2Nc1ncc(C)s1. The average Bonchev–Trinajstić information content (AvgIpc) is 3.02. The molecule has 21 heavy (non-hydrogen) atoms. The van der Waals surface area contributed by atoms with E-state index in [0.29, 0.717) is 27.8 Å². The van der Waals surface area contributed by atoms with Gasteiger partial charge in [0.15, 0.2) is 16.6 Å². The first kappa shape index (κ1) is 13.7. The number of aromatic nitrogens is 1. The van der Waals surface area contributed by atoms with Crippen molar-refractivity contribution in [2.24, 2.45) is 0 Å². The molecule has 1 atom stereocenters. The quantitative estimate of drug-likeness (QED) is 0.876. The van der Waals surface area contributed by atoms with Crippen molar-refractivity contribution in [3.8, 4) is 11.5 Å². The summed E-state index contributed by atoms with van der Waals surface area (Å²) in [5.41, 5.74) is 1.10. The summed E-state index contributed by atoms with van der Waals surface area (Å²) in [6.45, 7) is 1.96. The minimum absolute atomic E-state index is 0.389. The van der Waals surface area contributed by atoms with Gasteiger partial charge in [-0.15, -0.1) is 11.3 Å². The Bertz CT molecular complexity index is 698. The molecule has 1 N–H and O–H groups in total. The number of nitrogens with one attached hydrogen (secondary N) is 1. The number of hydrogen-bond donors (Lipinski definition) is 1. The van der Waals surface area contributed by atoms with Gasteiger partial charge in [0.25, 0.3) is 0 Å². The number of fused-ring (bicyclic) bond motifs is 1. The molecule has 0 saturated heterocycles. The Morgan fingerprint density at radius 2 is 2.14 bits per heavy atom. The van der Waals surface area contributed by atoms with Crippen LogP contribution >= 0.6 is 11.3 Å². The molecule has 2 heterocycles. The molecule has 6 nitrogen and oxygen atoms in total. The van der Waals surface area contributed by atoms with Gasteiger partial charge in [-0.1, -0.05) is 0 Å². The second-order valence-electron chi connectivity index (χ2n) is 4.47. The molecule has 1 aliphatic heterocycles. The van der Waals surface area contributed by atoms with Crippen LogP contribution in [0.2, 0.25) is 0 Å². The summed E-state index contributed by atoms with van der Waals surface area (Å²) in [6.07, 6.45) is 1.19. The van der Waals surface area contributed by atoms with E-state index in [1.807, 2.05) is 6.92 Å². The highest BCUT2D eigenvalue weighted by molar-refractivity contribution is 7.15. The fourth-order valence-electron chi connectivity index (χ4n) is 2.24. The van der Waals surface area contributed by atoms with Gasteiger partial charge < -0.3 is 19.5 Å². The maximum absolute atomic E-state index is 12.1. The zero-order valence-corrected chi connectivity index (χ0v) is 12.6. The topological polar surface area (TPSA) is 69.7 Å². The van der Waals surface area contributed by atoms with Gasteiger partial charge in [-0.25, -0.2) is 9.78 Å². The molecular formula is C14H14N2O4S. The molecule has 0 fully saturated rings. The Hall–Kier alpha value is -2.28. The van der Waals surface area contributed by atoms with Crippen LogP contribution in [0.5, 0.6) is 11.5 Å². The van der Waals surface area contributed by atoms with Crippen molar-refractivity contribution < 1.29 is 19.0 Å². The van der Waals surface area contributed by atoms with Crippen LogP contribution in [0.3, 0.4) is 0 Å². The van der Waals surface area contributed by atoms with Crippen molar-refractivity contribution in [2.45, 2.75) is 13.2 Å². The summed E-state index contributed by atoms with van der Waals surface area (Å²) in [6, 6.07) is 3.54. The number of thiazole rings is 1. The third kappa shape index (κ3) is 2.29. The summed E-state index contributed by atoms with van der Waals surface area (Å²) in [5.74, 6) is 0.449. The normalized spacial score (nSPS) is 16.3. The summed E-state index contributed by atoms with van der Waals surface area (Å²) in [4.78, 5) is 17.4. The van der Waals surface area contributed by atoms with Crippen molar-refractivity contribution >= 4 is 22.4 Å². The van der Waals surface area contributed by atoms with E-state index in [1.165, 1.54) is 25.6 Å². The van der Waals surface area contributed by atoms with Crippen molar-refractivity contribution in [2.75, 3.05) is 19.5 Å². The fourth-order valence-corrected chi connectivity index (χ4v) is 2.92. The molecule has 2 aromatic rings. The van der Waals surface area contributed by atoms with Crippen molar-refractivity contribution in [3.63, 3.8) is 0 Å². The molecule has 0 unspecified atom stereocenters. The van der Waals surface area contributed by atoms with Crippen LogP contribution in [-0.4, -0.2) is 25.2 Å². The predicted octanol–water partition coefficient (Wildman–Crippen LogP) is 2.75. The van der Waals surface area contributed by atoms with E-state index in [0.717, 1.165) is 4.88 Å². The molecule has 1 aromatic carbocycles. The minimum Gasteiger partial charge on any atom is -0.493 e. The number of nitrogens with zero attached hydrogens (tertiary/aromatic N) is 1. The van der Waals surface area contributed by atoms with Crippen molar-refractivity contribution in [1.29, 1.82) is 0 Å². The van der Waals surface area contributed by atoms with E-state index in [4.69, 9.17) is 14.2 Å². The molecule has 7 heteroatoms. The van der Waals surface area contributed by atoms with Crippen LogP contribution in [0.25, 0.3) is 0 Å². The lowest BCUT2D eigenvalue weighted by Gasteiger charge is -2.13. The van der Waals surface area contributed by atoms with E-state index < -0.39 is 12.2 Å². The number of aryl methyl sites for hydroxylation is 1. The Kier molecular flexibility index (Phi) is 3.42. The highest BCUT2D eigenvalue weighted by Gasteiger charge is 2.36. The number of methoxy groups -OCH3 is 2. The molecule has 3 rings (SSSR count). The third-order valence-electron chi connectivity index (χ3n) is 3.17. The zero-order chi connectivity index (χ0) is 15.0. The fraction of sp³-hybridized carbons (Fsp3) is 0.286. The number of carbonyl (C=O) groups is 1. The number of anilines is 1. The van der Waals surface area contributed by atoms with Crippen LogP contribution in [-0.2, 0) is 4.74 Å². The number of rotatable bonds is 4. The van der Waals surface area contributed by atoms with Gasteiger partial charge >= 0.3 is 5.97 Å². The average molecular weight is 306 g/mol. The lowest BCUT2D eigenvalue weighted by molar-refractivity contribution is 0.0435. The van der Waals surface area contributed by atoms with Crippen LogP contribution in [0.1, 0.15) is 27.0 Å². The van der Waals surface area contributed by atoms with E-state index in [-0.39, 0.29) is 0 Å². The highest BCUT2D eigenvalue weighted by Crippen LogP contribution is 2.42. The van der Waals surface area contributed by atoms with E-state index in [9.17, 15) is 4.79 Å². The van der Waals surface area contributed by atoms with Gasteiger partial charge in [0.1, 0.15) is 5.56 Å². The summed E-state index contributed by atoms with van der Waals surface area (Å²) in [5, 5.41) is 3.81. The Morgan fingerprint density at radius 3 is 2.76 bits per heavy atom. The van der Waals surface area contributed by atoms with Gasteiger partial charge in [0.2, 0.25) is 6.23 Å². The first-order chi connectivity index (χ1) is 10.1. The summed E-state index contributed by atoms with van der Waals surface area (Å²) in [7, 11) is 3.02. The van der Waals surface area contributed by atoms with Crippen LogP contribution in [0.4, 0.5) is 5.13 Å². The molecule has 0 bridgehead atoms. The molecule has 0 saturated carbocycles.